The highest BCUT2D eigenvalue weighted by molar-refractivity contribution is 9.10. The molecule has 0 amide bonds. The summed E-state index contributed by atoms with van der Waals surface area (Å²) >= 11 is 3.43. The molecule has 0 saturated carbocycles. The van der Waals surface area contributed by atoms with E-state index in [1.54, 1.807) is 16.8 Å². The number of hydrogen-bond donors (Lipinski definition) is 0. The molecule has 3 rings (SSSR count). The predicted octanol–water partition coefficient (Wildman–Crippen LogP) is 3.16. The minimum Gasteiger partial charge on any atom is -0.301 e. The normalized spacial score (nSPS) is 15.9. The molecule has 5 heteroatoms. The highest BCUT2D eigenvalue weighted by Gasteiger charge is 2.10. The Morgan fingerprint density at radius 2 is 1.68 bits per heavy atom. The molecule has 0 unspecified atom stereocenters. The van der Waals surface area contributed by atoms with Crippen LogP contribution in [0.4, 0.5) is 0 Å². The van der Waals surface area contributed by atoms with Crippen LogP contribution in [0.2, 0.25) is 0 Å². The van der Waals surface area contributed by atoms with Gasteiger partial charge in [0.05, 0.1) is 12.2 Å². The lowest BCUT2D eigenvalue weighted by atomic mass is 10.1. The average Bonchev–Trinajstić information content (AvgIpc) is 2.56. The highest BCUT2D eigenvalue weighted by Crippen LogP contribution is 2.18. The molecule has 0 spiro atoms. The molecule has 0 aliphatic carbocycles. The van der Waals surface area contributed by atoms with Crippen molar-refractivity contribution < 1.29 is 0 Å². The van der Waals surface area contributed by atoms with E-state index >= 15 is 0 Å². The zero-order valence-corrected chi connectivity index (χ0v) is 14.1. The Kier molecular flexibility index (Phi) is 5.05. The predicted molar refractivity (Wildman–Crippen MR) is 91.9 cm³/mol. The van der Waals surface area contributed by atoms with Gasteiger partial charge in [-0.25, -0.2) is 4.68 Å². The van der Waals surface area contributed by atoms with Crippen LogP contribution in [0, 0.1) is 0 Å². The van der Waals surface area contributed by atoms with Gasteiger partial charge in [0.2, 0.25) is 0 Å². The van der Waals surface area contributed by atoms with Crippen molar-refractivity contribution in [1.29, 1.82) is 0 Å². The van der Waals surface area contributed by atoms with Crippen molar-refractivity contribution in [3.05, 3.63) is 51.2 Å². The second-order valence-electron chi connectivity index (χ2n) is 5.69. The van der Waals surface area contributed by atoms with E-state index in [9.17, 15) is 4.79 Å². The maximum atomic E-state index is 12.0. The first-order chi connectivity index (χ1) is 10.7. The summed E-state index contributed by atoms with van der Waals surface area (Å²) in [5.41, 5.74) is 1.83. The van der Waals surface area contributed by atoms with E-state index in [1.165, 1.54) is 19.3 Å². The third-order valence-electron chi connectivity index (χ3n) is 4.08. The van der Waals surface area contributed by atoms with Gasteiger partial charge in [0, 0.05) is 22.6 Å². The van der Waals surface area contributed by atoms with Gasteiger partial charge in [0.1, 0.15) is 0 Å². The lowest BCUT2D eigenvalue weighted by Crippen LogP contribution is -2.35. The molecule has 0 bridgehead atoms. The summed E-state index contributed by atoms with van der Waals surface area (Å²) in [5.74, 6) is 0. The number of halogens is 1. The van der Waals surface area contributed by atoms with Gasteiger partial charge in [0.25, 0.3) is 5.56 Å². The van der Waals surface area contributed by atoms with Crippen molar-refractivity contribution in [3.63, 3.8) is 0 Å². The minimum atomic E-state index is -0.0297. The maximum Gasteiger partial charge on any atom is 0.266 e. The molecule has 1 aromatic heterocycles. The lowest BCUT2D eigenvalue weighted by Gasteiger charge is -2.26. The molecule has 0 N–H and O–H groups in total. The lowest BCUT2D eigenvalue weighted by molar-refractivity contribution is 0.216. The van der Waals surface area contributed by atoms with Crippen LogP contribution in [0.5, 0.6) is 0 Å². The maximum absolute atomic E-state index is 12.0. The fourth-order valence-electron chi connectivity index (χ4n) is 2.80. The molecule has 1 saturated heterocycles. The first kappa shape index (κ1) is 15.4. The topological polar surface area (TPSA) is 38.1 Å². The Morgan fingerprint density at radius 3 is 2.41 bits per heavy atom. The molecule has 0 radical (unpaired) electrons. The van der Waals surface area contributed by atoms with Crippen molar-refractivity contribution in [3.8, 4) is 11.3 Å². The first-order valence-electron chi connectivity index (χ1n) is 7.79. The van der Waals surface area contributed by atoms with Crippen LogP contribution >= 0.6 is 15.9 Å². The number of aromatic nitrogens is 2. The molecule has 1 fully saturated rings. The molecule has 1 aromatic carbocycles. The Hall–Kier alpha value is -1.46. The van der Waals surface area contributed by atoms with Crippen molar-refractivity contribution in [2.45, 2.75) is 25.8 Å². The van der Waals surface area contributed by atoms with Crippen LogP contribution in [0.1, 0.15) is 19.3 Å². The van der Waals surface area contributed by atoms with Crippen LogP contribution in [0.3, 0.4) is 0 Å². The molecule has 22 heavy (non-hydrogen) atoms. The highest BCUT2D eigenvalue weighted by atomic mass is 79.9. The molecule has 1 aliphatic rings. The summed E-state index contributed by atoms with van der Waals surface area (Å²) in [4.78, 5) is 14.4. The molecule has 2 heterocycles. The monoisotopic (exact) mass is 361 g/mol. The van der Waals surface area contributed by atoms with Gasteiger partial charge in [-0.1, -0.05) is 34.5 Å². The second-order valence-corrected chi connectivity index (χ2v) is 6.60. The SMILES string of the molecule is O=c1ccc(-c2ccc(Br)cc2)nn1CCN1CCCCC1. The zero-order chi connectivity index (χ0) is 15.4. The molecule has 0 atom stereocenters. The van der Waals surface area contributed by atoms with Gasteiger partial charge in [0.15, 0.2) is 0 Å². The molecule has 1 aliphatic heterocycles. The van der Waals surface area contributed by atoms with E-state index in [2.05, 4.69) is 25.9 Å². The summed E-state index contributed by atoms with van der Waals surface area (Å²) < 4.78 is 2.63. The number of hydrogen-bond acceptors (Lipinski definition) is 3. The minimum absolute atomic E-state index is 0.0297. The van der Waals surface area contributed by atoms with E-state index in [-0.39, 0.29) is 5.56 Å². The Labute approximate surface area is 138 Å². The van der Waals surface area contributed by atoms with Crippen LogP contribution in [-0.4, -0.2) is 34.3 Å². The molecular weight excluding hydrogens is 342 g/mol. The quantitative estimate of drug-likeness (QED) is 0.839. The van der Waals surface area contributed by atoms with E-state index in [0.717, 1.165) is 35.4 Å². The number of nitrogens with zero attached hydrogens (tertiary/aromatic N) is 3. The zero-order valence-electron chi connectivity index (χ0n) is 12.5. The summed E-state index contributed by atoms with van der Waals surface area (Å²) in [6.45, 7) is 3.84. The van der Waals surface area contributed by atoms with Crippen LogP contribution in [0.25, 0.3) is 11.3 Å². The summed E-state index contributed by atoms with van der Waals surface area (Å²) in [6.07, 6.45) is 3.86. The third-order valence-corrected chi connectivity index (χ3v) is 4.61. The van der Waals surface area contributed by atoms with Crippen LogP contribution < -0.4 is 5.56 Å². The van der Waals surface area contributed by atoms with E-state index in [0.29, 0.717) is 6.54 Å². The van der Waals surface area contributed by atoms with E-state index < -0.39 is 0 Å². The summed E-state index contributed by atoms with van der Waals surface area (Å²) in [7, 11) is 0. The largest absolute Gasteiger partial charge is 0.301 e. The van der Waals surface area contributed by atoms with Gasteiger partial charge in [-0.05, 0) is 44.1 Å². The second kappa shape index (κ2) is 7.20. The van der Waals surface area contributed by atoms with Crippen molar-refractivity contribution in [2.24, 2.45) is 0 Å². The van der Waals surface area contributed by atoms with Gasteiger partial charge in [-0.2, -0.15) is 5.10 Å². The van der Waals surface area contributed by atoms with Gasteiger partial charge in [-0.3, -0.25) is 4.79 Å². The van der Waals surface area contributed by atoms with Gasteiger partial charge in [-0.15, -0.1) is 0 Å². The van der Waals surface area contributed by atoms with E-state index in [4.69, 9.17) is 0 Å². The number of rotatable bonds is 4. The Morgan fingerprint density at radius 1 is 0.955 bits per heavy atom. The van der Waals surface area contributed by atoms with Gasteiger partial charge >= 0.3 is 0 Å². The van der Waals surface area contributed by atoms with Crippen molar-refractivity contribution in [1.82, 2.24) is 14.7 Å². The fourth-order valence-corrected chi connectivity index (χ4v) is 3.07. The molecule has 2 aromatic rings. The number of piperidine rings is 1. The van der Waals surface area contributed by atoms with Crippen molar-refractivity contribution in [2.75, 3.05) is 19.6 Å². The Bertz CT molecular complexity index is 675. The third kappa shape index (κ3) is 3.84. The Balaban J connectivity index is 1.74. The van der Waals surface area contributed by atoms with Crippen molar-refractivity contribution >= 4 is 15.9 Å². The number of benzene rings is 1. The fraction of sp³-hybridized carbons (Fsp3) is 0.412. The standard InChI is InChI=1S/C17H20BrN3O/c18-15-6-4-14(5-7-15)16-8-9-17(22)21(19-16)13-12-20-10-2-1-3-11-20/h4-9H,1-3,10-13H2. The molecule has 4 nitrogen and oxygen atoms in total. The van der Waals surface area contributed by atoms with Crippen LogP contribution in [0.15, 0.2) is 45.7 Å². The summed E-state index contributed by atoms with van der Waals surface area (Å²) in [6, 6.07) is 11.4. The summed E-state index contributed by atoms with van der Waals surface area (Å²) in [5, 5.41) is 4.52. The van der Waals surface area contributed by atoms with Crippen LogP contribution in [-0.2, 0) is 6.54 Å². The average molecular weight is 362 g/mol. The van der Waals surface area contributed by atoms with E-state index in [1.807, 2.05) is 24.3 Å². The van der Waals surface area contributed by atoms with Gasteiger partial charge < -0.3 is 4.90 Å². The molecule has 116 valence electrons. The smallest absolute Gasteiger partial charge is 0.266 e. The first-order valence-corrected chi connectivity index (χ1v) is 8.58. The number of likely N-dealkylation sites (tertiary alicyclic amines) is 1. The molecular formula is C17H20BrN3O.